The second-order valence-electron chi connectivity index (χ2n) is 9.39. The maximum absolute atomic E-state index is 12.9. The first-order valence-corrected chi connectivity index (χ1v) is 14.2. The molecule has 1 aliphatic heterocycles. The Bertz CT molecular complexity index is 1330. The van der Waals surface area contributed by atoms with Crippen molar-refractivity contribution in [3.8, 4) is 5.75 Å². The fourth-order valence-corrected chi connectivity index (χ4v) is 5.38. The first-order valence-electron chi connectivity index (χ1n) is 12.5. The van der Waals surface area contributed by atoms with Gasteiger partial charge in [-0.1, -0.05) is 0 Å². The van der Waals surface area contributed by atoms with Crippen molar-refractivity contribution in [3.63, 3.8) is 0 Å². The molecule has 0 bridgehead atoms. The molecule has 1 N–H and O–H groups in total. The Morgan fingerprint density at radius 3 is 2.51 bits per heavy atom. The van der Waals surface area contributed by atoms with Crippen LogP contribution in [0.3, 0.4) is 0 Å². The first-order chi connectivity index (χ1) is 18.7. The minimum atomic E-state index is -3.45. The van der Waals surface area contributed by atoms with Crippen LogP contribution in [0, 0.1) is 5.92 Å². The second kappa shape index (κ2) is 12.6. The molecule has 14 heteroatoms. The Hall–Kier alpha value is -3.38. The fourth-order valence-electron chi connectivity index (χ4n) is 3.84. The van der Waals surface area contributed by atoms with E-state index >= 15 is 0 Å². The largest absolute Gasteiger partial charge is 0.497 e. The highest BCUT2D eigenvalue weighted by Gasteiger charge is 2.34. The highest BCUT2D eigenvalue weighted by atomic mass is 31.2. The molecule has 3 heterocycles. The minimum Gasteiger partial charge on any atom is -0.497 e. The van der Waals surface area contributed by atoms with E-state index in [1.54, 1.807) is 63.0 Å². The quantitative estimate of drug-likeness (QED) is 0.270. The molecule has 1 aromatic carbocycles. The van der Waals surface area contributed by atoms with Crippen molar-refractivity contribution < 1.29 is 37.4 Å². The maximum atomic E-state index is 12.9. The average molecular weight is 562 g/mol. The van der Waals surface area contributed by atoms with Crippen molar-refractivity contribution >= 4 is 36.5 Å². The van der Waals surface area contributed by atoms with Crippen molar-refractivity contribution in [1.29, 1.82) is 0 Å². The van der Waals surface area contributed by atoms with E-state index in [2.05, 4.69) is 20.3 Å². The number of nitrogens with one attached hydrogen (secondary N) is 1. The zero-order valence-corrected chi connectivity index (χ0v) is 23.1. The number of aromatic nitrogens is 4. The number of nitrogens with zero attached hydrogens (tertiary/aromatic N) is 4. The molecule has 0 spiro atoms. The first kappa shape index (κ1) is 28.6. The third kappa shape index (κ3) is 7.60. The molecule has 1 fully saturated rings. The molecule has 1 aliphatic rings. The monoisotopic (exact) mass is 561 g/mol. The summed E-state index contributed by atoms with van der Waals surface area (Å²) in [5.74, 6) is -0.00469. The molecule has 0 unspecified atom stereocenters. The van der Waals surface area contributed by atoms with E-state index in [1.807, 2.05) is 0 Å². The third-order valence-electron chi connectivity index (χ3n) is 5.79. The van der Waals surface area contributed by atoms with Crippen LogP contribution in [0.1, 0.15) is 37.6 Å². The van der Waals surface area contributed by atoms with E-state index in [0.717, 1.165) is 0 Å². The summed E-state index contributed by atoms with van der Waals surface area (Å²) in [6, 6.07) is 6.69. The lowest BCUT2D eigenvalue weighted by Crippen LogP contribution is -2.27. The molecular formula is C25H32N5O8P. The summed E-state index contributed by atoms with van der Waals surface area (Å²) < 4.78 is 41.6. The summed E-state index contributed by atoms with van der Waals surface area (Å²) in [5, 5.41) is 2.77. The van der Waals surface area contributed by atoms with Gasteiger partial charge in [0.15, 0.2) is 17.0 Å². The molecule has 3 aromatic rings. The summed E-state index contributed by atoms with van der Waals surface area (Å²) in [6.07, 6.45) is 2.21. The lowest BCUT2D eigenvalue weighted by atomic mass is 10.1. The van der Waals surface area contributed by atoms with Gasteiger partial charge in [-0.3, -0.25) is 14.2 Å². The zero-order chi connectivity index (χ0) is 28.0. The van der Waals surface area contributed by atoms with Gasteiger partial charge >= 0.3 is 13.6 Å². The molecule has 210 valence electrons. The van der Waals surface area contributed by atoms with Gasteiger partial charge in [-0.05, 0) is 45.0 Å². The highest BCUT2D eigenvalue weighted by molar-refractivity contribution is 7.53. The number of imidazole rings is 1. The summed E-state index contributed by atoms with van der Waals surface area (Å²) in [5.41, 5.74) is 1.35. The van der Waals surface area contributed by atoms with Gasteiger partial charge in [-0.2, -0.15) is 0 Å². The fraction of sp³-hybridized carbons (Fsp3) is 0.480. The molecule has 2 aromatic heterocycles. The number of ether oxygens (including phenoxy) is 3. The van der Waals surface area contributed by atoms with Crippen LogP contribution in [-0.2, 0) is 34.4 Å². The Kier molecular flexibility index (Phi) is 9.28. The SMILES string of the molecule is COc1ccc(C(=O)Nc2ncnc3c2ncn3C[C@@H](C)OCP2(=O)OCC(CC(=O)OC(C)C)CO2)cc1. The number of rotatable bonds is 11. The summed E-state index contributed by atoms with van der Waals surface area (Å²) in [4.78, 5) is 37.3. The Labute approximate surface area is 225 Å². The predicted octanol–water partition coefficient (Wildman–Crippen LogP) is 3.65. The van der Waals surface area contributed by atoms with Gasteiger partial charge in [0, 0.05) is 11.5 Å². The van der Waals surface area contributed by atoms with Crippen LogP contribution in [0.4, 0.5) is 5.82 Å². The van der Waals surface area contributed by atoms with E-state index in [0.29, 0.717) is 29.0 Å². The Morgan fingerprint density at radius 2 is 1.85 bits per heavy atom. The van der Waals surface area contributed by atoms with Crippen molar-refractivity contribution in [2.75, 3.05) is 32.0 Å². The Balaban J connectivity index is 1.30. The van der Waals surface area contributed by atoms with E-state index < -0.39 is 13.7 Å². The molecule has 0 saturated carbocycles. The standard InChI is InChI=1S/C25H32N5O8P/c1-16(2)38-21(31)9-18-11-36-39(33,37-12-18)15-35-17(3)10-30-14-28-22-23(26-13-27-24(22)30)29-25(32)19-5-7-20(34-4)8-6-19/h5-8,13-14,16-18H,9-12,15H2,1-4H3,(H,26,27,29,32)/t17-,18?,39?/m1/s1. The maximum Gasteiger partial charge on any atom is 0.356 e. The zero-order valence-electron chi connectivity index (χ0n) is 22.2. The molecule has 1 amide bonds. The normalized spacial score (nSPS) is 20.1. The third-order valence-corrected chi connectivity index (χ3v) is 7.34. The minimum absolute atomic E-state index is 0.121. The number of carbonyl (C=O) groups is 2. The molecule has 39 heavy (non-hydrogen) atoms. The molecule has 13 nitrogen and oxygen atoms in total. The summed E-state index contributed by atoms with van der Waals surface area (Å²) >= 11 is 0. The molecule has 0 aliphatic carbocycles. The molecule has 1 atom stereocenters. The van der Waals surface area contributed by atoms with Crippen LogP contribution >= 0.6 is 7.60 Å². The number of anilines is 1. The average Bonchev–Trinajstić information content (AvgIpc) is 3.32. The molecular weight excluding hydrogens is 529 g/mol. The van der Waals surface area contributed by atoms with Gasteiger partial charge in [-0.15, -0.1) is 0 Å². The van der Waals surface area contributed by atoms with Crippen LogP contribution in [0.2, 0.25) is 0 Å². The van der Waals surface area contributed by atoms with Gasteiger partial charge in [0.2, 0.25) is 0 Å². The number of fused-ring (bicyclic) bond motifs is 1. The van der Waals surface area contributed by atoms with Crippen molar-refractivity contribution in [3.05, 3.63) is 42.5 Å². The van der Waals surface area contributed by atoms with Crippen LogP contribution in [0.5, 0.6) is 5.75 Å². The number of esters is 1. The van der Waals surface area contributed by atoms with E-state index in [-0.39, 0.29) is 55.7 Å². The molecule has 4 rings (SSSR count). The highest BCUT2D eigenvalue weighted by Crippen LogP contribution is 2.52. The molecule has 1 saturated heterocycles. The summed E-state index contributed by atoms with van der Waals surface area (Å²) in [6.45, 7) is 5.94. The van der Waals surface area contributed by atoms with Crippen LogP contribution in [-0.4, -0.2) is 70.3 Å². The van der Waals surface area contributed by atoms with Crippen LogP contribution in [0.15, 0.2) is 36.9 Å². The van der Waals surface area contributed by atoms with Crippen molar-refractivity contribution in [2.45, 2.75) is 45.9 Å². The van der Waals surface area contributed by atoms with Gasteiger partial charge in [0.05, 0.1) is 51.8 Å². The van der Waals surface area contributed by atoms with E-state index in [9.17, 15) is 14.2 Å². The smallest absolute Gasteiger partial charge is 0.356 e. The topological polar surface area (TPSA) is 153 Å². The van der Waals surface area contributed by atoms with Crippen LogP contribution < -0.4 is 10.1 Å². The van der Waals surface area contributed by atoms with Crippen molar-refractivity contribution in [1.82, 2.24) is 19.5 Å². The van der Waals surface area contributed by atoms with E-state index in [4.69, 9.17) is 23.3 Å². The molecule has 0 radical (unpaired) electrons. The number of carbonyl (C=O) groups excluding carboxylic acids is 2. The predicted molar refractivity (Wildman–Crippen MR) is 141 cm³/mol. The summed E-state index contributed by atoms with van der Waals surface area (Å²) in [7, 11) is -1.90. The van der Waals surface area contributed by atoms with Crippen LogP contribution in [0.25, 0.3) is 11.2 Å². The number of methoxy groups -OCH3 is 1. The lowest BCUT2D eigenvalue weighted by molar-refractivity contribution is -0.149. The number of amides is 1. The van der Waals surface area contributed by atoms with Gasteiger partial charge in [0.1, 0.15) is 18.4 Å². The Morgan fingerprint density at radius 1 is 1.13 bits per heavy atom. The van der Waals surface area contributed by atoms with Gasteiger partial charge < -0.3 is 33.1 Å². The van der Waals surface area contributed by atoms with E-state index in [1.165, 1.54) is 6.33 Å². The number of hydrogen-bond acceptors (Lipinski definition) is 11. The van der Waals surface area contributed by atoms with Crippen molar-refractivity contribution in [2.24, 2.45) is 5.92 Å². The van der Waals surface area contributed by atoms with Gasteiger partial charge in [0.25, 0.3) is 5.91 Å². The second-order valence-corrected chi connectivity index (χ2v) is 11.4. The lowest BCUT2D eigenvalue weighted by Gasteiger charge is -2.29. The van der Waals surface area contributed by atoms with Gasteiger partial charge in [-0.25, -0.2) is 15.0 Å². The number of benzene rings is 1. The number of hydrogen-bond donors (Lipinski definition) is 1.